The minimum Gasteiger partial charge on any atom is -0.465 e. The molecule has 2 heteroatoms. The molecular weight excluding hydrogens is 150 g/mol. The van der Waals surface area contributed by atoms with Gasteiger partial charge in [-0.25, -0.2) is 0 Å². The van der Waals surface area contributed by atoms with E-state index in [2.05, 4.69) is 6.92 Å². The van der Waals surface area contributed by atoms with Gasteiger partial charge in [0.25, 0.3) is 0 Å². The van der Waals surface area contributed by atoms with Crippen molar-refractivity contribution in [3.63, 3.8) is 0 Å². The van der Waals surface area contributed by atoms with Crippen molar-refractivity contribution >= 4 is 0 Å². The van der Waals surface area contributed by atoms with Crippen LogP contribution in [0, 0.1) is 6.92 Å². The van der Waals surface area contributed by atoms with Crippen molar-refractivity contribution in [3.05, 3.63) is 23.7 Å². The maximum atomic E-state index is 5.90. The molecule has 1 rings (SSSR count). The van der Waals surface area contributed by atoms with Crippen LogP contribution in [0.3, 0.4) is 0 Å². The Balaban J connectivity index is 2.47. The number of hydrogen-bond acceptors (Lipinski definition) is 2. The molecule has 1 aromatic rings. The third-order valence-electron chi connectivity index (χ3n) is 2.00. The first-order chi connectivity index (χ1) is 5.74. The molecule has 0 amide bonds. The van der Waals surface area contributed by atoms with Crippen molar-refractivity contribution in [1.29, 1.82) is 0 Å². The summed E-state index contributed by atoms with van der Waals surface area (Å²) in [6, 6.07) is 4.01. The minimum atomic E-state index is 0.0821. The molecule has 2 nitrogen and oxygen atoms in total. The van der Waals surface area contributed by atoms with E-state index in [-0.39, 0.29) is 6.04 Å². The van der Waals surface area contributed by atoms with E-state index < -0.39 is 0 Å². The maximum Gasteiger partial charge on any atom is 0.120 e. The fourth-order valence-corrected chi connectivity index (χ4v) is 1.22. The maximum absolute atomic E-state index is 5.90. The number of unbranched alkanes of at least 4 members (excludes halogenated alkanes) is 1. The van der Waals surface area contributed by atoms with Crippen molar-refractivity contribution in [3.8, 4) is 0 Å². The number of rotatable bonds is 4. The van der Waals surface area contributed by atoms with Crippen LogP contribution in [0.4, 0.5) is 0 Å². The molecule has 1 heterocycles. The first kappa shape index (κ1) is 9.33. The number of nitrogens with two attached hydrogens (primary N) is 1. The van der Waals surface area contributed by atoms with E-state index in [4.69, 9.17) is 10.2 Å². The van der Waals surface area contributed by atoms with E-state index in [1.165, 1.54) is 12.8 Å². The summed E-state index contributed by atoms with van der Waals surface area (Å²) >= 11 is 0. The lowest BCUT2D eigenvalue weighted by molar-refractivity contribution is 0.428. The second-order valence-electron chi connectivity index (χ2n) is 3.20. The average Bonchev–Trinajstić information content (AvgIpc) is 2.47. The second kappa shape index (κ2) is 4.31. The Morgan fingerprint density at radius 1 is 1.50 bits per heavy atom. The van der Waals surface area contributed by atoms with Crippen molar-refractivity contribution < 1.29 is 4.42 Å². The lowest BCUT2D eigenvalue weighted by atomic mass is 10.1. The van der Waals surface area contributed by atoms with Gasteiger partial charge in [-0.15, -0.1) is 0 Å². The monoisotopic (exact) mass is 167 g/mol. The molecule has 68 valence electrons. The van der Waals surface area contributed by atoms with Gasteiger partial charge in [0.1, 0.15) is 11.5 Å². The summed E-state index contributed by atoms with van der Waals surface area (Å²) in [7, 11) is 0. The zero-order chi connectivity index (χ0) is 8.97. The largest absolute Gasteiger partial charge is 0.465 e. The van der Waals surface area contributed by atoms with Crippen LogP contribution in [0.25, 0.3) is 0 Å². The van der Waals surface area contributed by atoms with E-state index in [1.54, 1.807) is 0 Å². The number of aryl methyl sites for hydroxylation is 1. The Morgan fingerprint density at radius 2 is 2.25 bits per heavy atom. The van der Waals surface area contributed by atoms with Crippen LogP contribution in [0.15, 0.2) is 16.5 Å². The molecule has 2 N–H and O–H groups in total. The highest BCUT2D eigenvalue weighted by molar-refractivity contribution is 5.08. The summed E-state index contributed by atoms with van der Waals surface area (Å²) in [5.74, 6) is 1.86. The molecule has 0 saturated carbocycles. The molecule has 1 atom stereocenters. The molecule has 0 aliphatic carbocycles. The predicted octanol–water partition coefficient (Wildman–Crippen LogP) is 2.78. The van der Waals surface area contributed by atoms with Gasteiger partial charge in [-0.05, 0) is 25.5 Å². The number of furan rings is 1. The molecule has 0 aromatic carbocycles. The van der Waals surface area contributed by atoms with Gasteiger partial charge in [-0.3, -0.25) is 0 Å². The Labute approximate surface area is 73.8 Å². The molecule has 0 aliphatic heterocycles. The average molecular weight is 167 g/mol. The quantitative estimate of drug-likeness (QED) is 0.748. The van der Waals surface area contributed by atoms with Gasteiger partial charge >= 0.3 is 0 Å². The normalized spacial score (nSPS) is 13.2. The summed E-state index contributed by atoms with van der Waals surface area (Å²) in [5.41, 5.74) is 5.90. The highest BCUT2D eigenvalue weighted by Crippen LogP contribution is 2.18. The van der Waals surface area contributed by atoms with Crippen molar-refractivity contribution in [2.45, 2.75) is 39.2 Å². The van der Waals surface area contributed by atoms with Crippen LogP contribution >= 0.6 is 0 Å². The van der Waals surface area contributed by atoms with Crippen molar-refractivity contribution in [2.24, 2.45) is 5.73 Å². The smallest absolute Gasteiger partial charge is 0.120 e. The van der Waals surface area contributed by atoms with Gasteiger partial charge in [0.2, 0.25) is 0 Å². The van der Waals surface area contributed by atoms with Crippen LogP contribution in [-0.2, 0) is 0 Å². The van der Waals surface area contributed by atoms with Gasteiger partial charge in [-0.2, -0.15) is 0 Å². The van der Waals surface area contributed by atoms with Gasteiger partial charge in [-0.1, -0.05) is 19.8 Å². The second-order valence-corrected chi connectivity index (χ2v) is 3.20. The van der Waals surface area contributed by atoms with Crippen LogP contribution in [-0.4, -0.2) is 0 Å². The van der Waals surface area contributed by atoms with E-state index >= 15 is 0 Å². The fourth-order valence-electron chi connectivity index (χ4n) is 1.22. The van der Waals surface area contributed by atoms with E-state index in [0.717, 1.165) is 17.9 Å². The third kappa shape index (κ3) is 2.38. The summed E-state index contributed by atoms with van der Waals surface area (Å²) < 4.78 is 5.42. The van der Waals surface area contributed by atoms with Gasteiger partial charge in [0.05, 0.1) is 6.04 Å². The number of hydrogen-bond donors (Lipinski definition) is 1. The molecule has 0 spiro atoms. The summed E-state index contributed by atoms with van der Waals surface area (Å²) in [6.07, 6.45) is 3.37. The SMILES string of the molecule is CCCC[C@H](N)c1ccc(C)o1. The molecule has 0 unspecified atom stereocenters. The molecule has 0 radical (unpaired) electrons. The van der Waals surface area contributed by atoms with Gasteiger partial charge in [0.15, 0.2) is 0 Å². The van der Waals surface area contributed by atoms with E-state index in [9.17, 15) is 0 Å². The molecular formula is C10H17NO. The zero-order valence-corrected chi connectivity index (χ0v) is 7.84. The highest BCUT2D eigenvalue weighted by Gasteiger charge is 2.08. The Morgan fingerprint density at radius 3 is 2.75 bits per heavy atom. The van der Waals surface area contributed by atoms with Crippen LogP contribution in [0.5, 0.6) is 0 Å². The van der Waals surface area contributed by atoms with Crippen LogP contribution in [0.1, 0.15) is 43.7 Å². The molecule has 0 fully saturated rings. The van der Waals surface area contributed by atoms with Gasteiger partial charge in [0, 0.05) is 0 Å². The molecule has 12 heavy (non-hydrogen) atoms. The minimum absolute atomic E-state index is 0.0821. The Bertz CT molecular complexity index is 229. The Hall–Kier alpha value is -0.760. The van der Waals surface area contributed by atoms with E-state index in [0.29, 0.717) is 0 Å². The van der Waals surface area contributed by atoms with Crippen LogP contribution < -0.4 is 5.73 Å². The topological polar surface area (TPSA) is 39.2 Å². The summed E-state index contributed by atoms with van der Waals surface area (Å²) in [5, 5.41) is 0. The third-order valence-corrected chi connectivity index (χ3v) is 2.00. The molecule has 0 saturated heterocycles. The predicted molar refractivity (Wildman–Crippen MR) is 49.9 cm³/mol. The molecule has 0 aliphatic rings. The standard InChI is InChI=1S/C10H17NO/c1-3-4-5-9(11)10-7-6-8(2)12-10/h6-7,9H,3-5,11H2,1-2H3/t9-/m0/s1. The Kier molecular flexibility index (Phi) is 3.35. The first-order valence-electron chi connectivity index (χ1n) is 4.56. The first-order valence-corrected chi connectivity index (χ1v) is 4.56. The zero-order valence-electron chi connectivity index (χ0n) is 7.84. The summed E-state index contributed by atoms with van der Waals surface area (Å²) in [6.45, 7) is 4.11. The fraction of sp³-hybridized carbons (Fsp3) is 0.600. The lowest BCUT2D eigenvalue weighted by Gasteiger charge is -2.06. The molecule has 0 bridgehead atoms. The van der Waals surface area contributed by atoms with Crippen molar-refractivity contribution in [1.82, 2.24) is 0 Å². The lowest BCUT2D eigenvalue weighted by Crippen LogP contribution is -2.08. The highest BCUT2D eigenvalue weighted by atomic mass is 16.3. The summed E-state index contributed by atoms with van der Waals surface area (Å²) in [4.78, 5) is 0. The van der Waals surface area contributed by atoms with E-state index in [1.807, 2.05) is 19.1 Å². The van der Waals surface area contributed by atoms with Crippen molar-refractivity contribution in [2.75, 3.05) is 0 Å². The van der Waals surface area contributed by atoms with Crippen LogP contribution in [0.2, 0.25) is 0 Å². The molecule has 1 aromatic heterocycles. The van der Waals surface area contributed by atoms with Gasteiger partial charge < -0.3 is 10.2 Å².